The molecule has 0 aliphatic heterocycles. The standard InChI is InChI=1S/C24H27N5O4S/c1-29(12-3-13-33-24(30)17-14-18(25)16-19(26)15-17)22-8-4-20(5-9-22)27-28-21-6-10-23(11-7-21)34(2,31)32/h4-11,14-16H,3,12-13,25-26H2,1-2H3. The van der Waals surface area contributed by atoms with Crippen molar-refractivity contribution in [2.24, 2.45) is 10.2 Å². The van der Waals surface area contributed by atoms with E-state index in [1.807, 2.05) is 36.2 Å². The molecular weight excluding hydrogens is 454 g/mol. The van der Waals surface area contributed by atoms with Crippen LogP contribution in [-0.2, 0) is 14.6 Å². The van der Waals surface area contributed by atoms with Crippen LogP contribution in [0.3, 0.4) is 0 Å². The lowest BCUT2D eigenvalue weighted by atomic mass is 10.2. The Hall–Kier alpha value is -3.92. The molecule has 0 aliphatic carbocycles. The van der Waals surface area contributed by atoms with Crippen molar-refractivity contribution in [1.29, 1.82) is 0 Å². The molecule has 9 nitrogen and oxygen atoms in total. The fraction of sp³-hybridized carbons (Fsp3) is 0.208. The molecular formula is C24H27N5O4S. The molecule has 0 amide bonds. The number of hydrogen-bond acceptors (Lipinski definition) is 9. The maximum Gasteiger partial charge on any atom is 0.338 e. The number of esters is 1. The molecule has 0 saturated carbocycles. The van der Waals surface area contributed by atoms with E-state index in [4.69, 9.17) is 16.2 Å². The first-order chi connectivity index (χ1) is 16.1. The van der Waals surface area contributed by atoms with E-state index in [0.717, 1.165) is 11.9 Å². The molecule has 3 aromatic carbocycles. The monoisotopic (exact) mass is 481 g/mol. The third-order valence-corrected chi connectivity index (χ3v) is 6.05. The Morgan fingerprint density at radius 1 is 0.912 bits per heavy atom. The maximum absolute atomic E-state index is 12.1. The van der Waals surface area contributed by atoms with Crippen molar-refractivity contribution in [1.82, 2.24) is 0 Å². The predicted molar refractivity (Wildman–Crippen MR) is 134 cm³/mol. The van der Waals surface area contributed by atoms with Crippen LogP contribution in [0.25, 0.3) is 0 Å². The molecule has 0 atom stereocenters. The Balaban J connectivity index is 1.47. The Bertz CT molecular complexity index is 1250. The average molecular weight is 482 g/mol. The zero-order chi connectivity index (χ0) is 24.7. The van der Waals surface area contributed by atoms with Crippen LogP contribution in [0, 0.1) is 0 Å². The summed E-state index contributed by atoms with van der Waals surface area (Å²) >= 11 is 0. The normalized spacial score (nSPS) is 11.5. The minimum absolute atomic E-state index is 0.239. The summed E-state index contributed by atoms with van der Waals surface area (Å²) in [4.78, 5) is 14.4. The van der Waals surface area contributed by atoms with E-state index in [0.29, 0.717) is 41.3 Å². The number of nitrogens with two attached hydrogens (primary N) is 2. The fourth-order valence-electron chi connectivity index (χ4n) is 3.12. The van der Waals surface area contributed by atoms with Crippen LogP contribution in [0.4, 0.5) is 28.4 Å². The first-order valence-corrected chi connectivity index (χ1v) is 12.4. The molecule has 0 unspecified atom stereocenters. The number of benzene rings is 3. The second-order valence-corrected chi connectivity index (χ2v) is 9.80. The molecule has 0 bridgehead atoms. The molecule has 3 aromatic rings. The molecule has 34 heavy (non-hydrogen) atoms. The fourth-order valence-corrected chi connectivity index (χ4v) is 3.75. The minimum atomic E-state index is -3.24. The number of rotatable bonds is 9. The zero-order valence-corrected chi connectivity index (χ0v) is 19.8. The minimum Gasteiger partial charge on any atom is -0.462 e. The van der Waals surface area contributed by atoms with Crippen molar-refractivity contribution >= 4 is 44.2 Å². The Morgan fingerprint density at radius 3 is 1.97 bits per heavy atom. The molecule has 4 N–H and O–H groups in total. The Kier molecular flexibility index (Phi) is 7.85. The maximum atomic E-state index is 12.1. The molecule has 0 fully saturated rings. The highest BCUT2D eigenvalue weighted by Crippen LogP contribution is 2.23. The number of sulfone groups is 1. The van der Waals surface area contributed by atoms with Gasteiger partial charge in [-0.3, -0.25) is 0 Å². The molecule has 0 radical (unpaired) electrons. The van der Waals surface area contributed by atoms with Gasteiger partial charge in [0.05, 0.1) is 28.4 Å². The van der Waals surface area contributed by atoms with Crippen molar-refractivity contribution < 1.29 is 17.9 Å². The van der Waals surface area contributed by atoms with Crippen LogP contribution >= 0.6 is 0 Å². The van der Waals surface area contributed by atoms with E-state index in [9.17, 15) is 13.2 Å². The largest absolute Gasteiger partial charge is 0.462 e. The van der Waals surface area contributed by atoms with Crippen molar-refractivity contribution in [2.45, 2.75) is 11.3 Å². The lowest BCUT2D eigenvalue weighted by Gasteiger charge is -2.19. The topological polar surface area (TPSA) is 140 Å². The van der Waals surface area contributed by atoms with Gasteiger partial charge in [0.2, 0.25) is 0 Å². The number of nitrogen functional groups attached to an aromatic ring is 2. The van der Waals surface area contributed by atoms with Crippen LogP contribution in [-0.4, -0.2) is 40.8 Å². The molecule has 0 heterocycles. The van der Waals surface area contributed by atoms with E-state index in [1.54, 1.807) is 18.2 Å². The third kappa shape index (κ3) is 7.04. The molecule has 0 spiro atoms. The van der Waals surface area contributed by atoms with Gasteiger partial charge in [0.1, 0.15) is 0 Å². The first-order valence-electron chi connectivity index (χ1n) is 10.5. The molecule has 0 aliphatic rings. The van der Waals surface area contributed by atoms with Gasteiger partial charge in [-0.15, -0.1) is 0 Å². The molecule has 0 saturated heterocycles. The van der Waals surface area contributed by atoms with E-state index in [1.165, 1.54) is 24.3 Å². The summed E-state index contributed by atoms with van der Waals surface area (Å²) in [5.74, 6) is -0.456. The first kappa shape index (κ1) is 24.7. The second kappa shape index (κ2) is 10.8. The van der Waals surface area contributed by atoms with Gasteiger partial charge < -0.3 is 21.1 Å². The van der Waals surface area contributed by atoms with Gasteiger partial charge in [-0.1, -0.05) is 0 Å². The molecule has 178 valence electrons. The Labute approximate surface area is 199 Å². The van der Waals surface area contributed by atoms with Gasteiger partial charge >= 0.3 is 5.97 Å². The van der Waals surface area contributed by atoms with E-state index >= 15 is 0 Å². The third-order valence-electron chi connectivity index (χ3n) is 4.92. The van der Waals surface area contributed by atoms with Gasteiger partial charge in [0, 0.05) is 36.9 Å². The van der Waals surface area contributed by atoms with Crippen LogP contribution in [0.15, 0.2) is 81.9 Å². The summed E-state index contributed by atoms with van der Waals surface area (Å²) in [7, 11) is -1.29. The summed E-state index contributed by atoms with van der Waals surface area (Å²) in [5, 5.41) is 8.33. The van der Waals surface area contributed by atoms with Crippen molar-refractivity contribution in [2.75, 3.05) is 42.8 Å². The quantitative estimate of drug-likeness (QED) is 0.200. The van der Waals surface area contributed by atoms with Gasteiger partial charge in [0.25, 0.3) is 0 Å². The van der Waals surface area contributed by atoms with Crippen molar-refractivity contribution in [3.05, 3.63) is 72.3 Å². The highest BCUT2D eigenvalue weighted by Gasteiger charge is 2.09. The SMILES string of the molecule is CN(CCCOC(=O)c1cc(N)cc(N)c1)c1ccc(N=Nc2ccc(S(C)(=O)=O)cc2)cc1. The van der Waals surface area contributed by atoms with E-state index in [2.05, 4.69) is 10.2 Å². The lowest BCUT2D eigenvalue weighted by Crippen LogP contribution is -2.20. The number of carbonyl (C=O) groups excluding carboxylic acids is 1. The smallest absolute Gasteiger partial charge is 0.338 e. The van der Waals surface area contributed by atoms with E-state index < -0.39 is 15.8 Å². The summed E-state index contributed by atoms with van der Waals surface area (Å²) in [6.45, 7) is 0.947. The number of hydrogen-bond donors (Lipinski definition) is 2. The summed E-state index contributed by atoms with van der Waals surface area (Å²) in [6, 6.07) is 18.4. The number of carbonyl (C=O) groups is 1. The molecule has 10 heteroatoms. The van der Waals surface area contributed by atoms with Crippen LogP contribution in [0.1, 0.15) is 16.8 Å². The summed E-state index contributed by atoms with van der Waals surface area (Å²) in [5.41, 5.74) is 14.8. The van der Waals surface area contributed by atoms with Crippen molar-refractivity contribution in [3.8, 4) is 0 Å². The van der Waals surface area contributed by atoms with Gasteiger partial charge in [0.15, 0.2) is 9.84 Å². The van der Waals surface area contributed by atoms with Gasteiger partial charge in [-0.25, -0.2) is 13.2 Å². The lowest BCUT2D eigenvalue weighted by molar-refractivity contribution is 0.0502. The van der Waals surface area contributed by atoms with Crippen LogP contribution in [0.2, 0.25) is 0 Å². The highest BCUT2D eigenvalue weighted by molar-refractivity contribution is 7.90. The highest BCUT2D eigenvalue weighted by atomic mass is 32.2. The van der Waals surface area contributed by atoms with E-state index in [-0.39, 0.29) is 11.5 Å². The molecule has 0 aromatic heterocycles. The summed E-state index contributed by atoms with van der Waals surface area (Å²) < 4.78 is 28.3. The average Bonchev–Trinajstić information content (AvgIpc) is 2.79. The number of nitrogens with zero attached hydrogens (tertiary/aromatic N) is 3. The van der Waals surface area contributed by atoms with Gasteiger partial charge in [-0.05, 0) is 73.2 Å². The summed E-state index contributed by atoms with van der Waals surface area (Å²) in [6.07, 6.45) is 1.80. The molecule has 3 rings (SSSR count). The predicted octanol–water partition coefficient (Wildman–Crippen LogP) is 4.35. The van der Waals surface area contributed by atoms with Crippen LogP contribution in [0.5, 0.6) is 0 Å². The second-order valence-electron chi connectivity index (χ2n) is 7.78. The van der Waals surface area contributed by atoms with Gasteiger partial charge in [-0.2, -0.15) is 10.2 Å². The number of ether oxygens (including phenoxy) is 1. The number of anilines is 3. The van der Waals surface area contributed by atoms with Crippen molar-refractivity contribution in [3.63, 3.8) is 0 Å². The Morgan fingerprint density at radius 2 is 1.44 bits per heavy atom. The zero-order valence-electron chi connectivity index (χ0n) is 19.0. The number of azo groups is 1. The van der Waals surface area contributed by atoms with Crippen LogP contribution < -0.4 is 16.4 Å².